The molecule has 1 heterocycles. The minimum atomic E-state index is 0.567. The Morgan fingerprint density at radius 3 is 2.31 bits per heavy atom. The number of aromatic nitrogens is 1. The van der Waals surface area contributed by atoms with Crippen molar-refractivity contribution in [1.29, 1.82) is 0 Å². The summed E-state index contributed by atoms with van der Waals surface area (Å²) in [6.45, 7) is 8.38. The molecule has 13 heavy (non-hydrogen) atoms. The number of nitrogens with zero attached hydrogens (tertiary/aromatic N) is 1. The molecule has 0 saturated carbocycles. The van der Waals surface area contributed by atoms with Gasteiger partial charge in [0.15, 0.2) is 0 Å². The lowest BCUT2D eigenvalue weighted by Gasteiger charge is -2.02. The van der Waals surface area contributed by atoms with Crippen molar-refractivity contribution in [3.8, 4) is 0 Å². The van der Waals surface area contributed by atoms with Crippen LogP contribution in [0.5, 0.6) is 0 Å². The van der Waals surface area contributed by atoms with Crippen LogP contribution in [-0.4, -0.2) is 4.98 Å². The highest BCUT2D eigenvalue weighted by Gasteiger charge is 1.97. The molecule has 0 spiro atoms. The van der Waals surface area contributed by atoms with Gasteiger partial charge in [0.25, 0.3) is 0 Å². The Morgan fingerprint density at radius 1 is 1.31 bits per heavy atom. The van der Waals surface area contributed by atoms with Crippen LogP contribution in [0.3, 0.4) is 0 Å². The molecule has 0 radical (unpaired) electrons. The molecule has 0 unspecified atom stereocenters. The Hall–Kier alpha value is -0.560. The van der Waals surface area contributed by atoms with E-state index in [1.165, 1.54) is 5.56 Å². The highest BCUT2D eigenvalue weighted by molar-refractivity contribution is 6.29. The third-order valence-corrected chi connectivity index (χ3v) is 1.66. The molecule has 0 N–H and O–H groups in total. The van der Waals surface area contributed by atoms with E-state index in [0.29, 0.717) is 11.1 Å². The van der Waals surface area contributed by atoms with Crippen molar-refractivity contribution in [2.75, 3.05) is 0 Å². The van der Waals surface area contributed by atoms with E-state index in [1.54, 1.807) is 0 Å². The number of rotatable bonds is 2. The fourth-order valence-corrected chi connectivity index (χ4v) is 1.11. The highest BCUT2D eigenvalue weighted by atomic mass is 35.5. The summed E-state index contributed by atoms with van der Waals surface area (Å²) in [5, 5.41) is 0.567. The molecule has 0 saturated heterocycles. The van der Waals surface area contributed by atoms with Gasteiger partial charge in [-0.25, -0.2) is 4.98 Å². The minimum Gasteiger partial charge on any atom is -0.244 e. The number of hydrogen-bond donors (Lipinski definition) is 0. The molecule has 0 aliphatic carbocycles. The van der Waals surface area contributed by atoms with E-state index < -0.39 is 0 Å². The molecular formula is C11H18ClN. The molecule has 0 aliphatic heterocycles. The Bertz CT molecular complexity index is 216. The van der Waals surface area contributed by atoms with Crippen molar-refractivity contribution in [3.63, 3.8) is 0 Å². The van der Waals surface area contributed by atoms with Crippen molar-refractivity contribution >= 4 is 11.6 Å². The first-order valence-corrected chi connectivity index (χ1v) is 5.16. The summed E-state index contributed by atoms with van der Waals surface area (Å²) in [7, 11) is 0. The summed E-state index contributed by atoms with van der Waals surface area (Å²) in [5.41, 5.74) is 1.25. The van der Waals surface area contributed by atoms with Crippen molar-refractivity contribution in [3.05, 3.63) is 29.0 Å². The fraction of sp³-hybridized carbons (Fsp3) is 0.545. The van der Waals surface area contributed by atoms with Gasteiger partial charge in [-0.05, 0) is 24.0 Å². The van der Waals surface area contributed by atoms with Crippen LogP contribution in [0.1, 0.15) is 33.3 Å². The average molecular weight is 200 g/mol. The van der Waals surface area contributed by atoms with Gasteiger partial charge in [-0.2, -0.15) is 0 Å². The molecule has 1 aromatic heterocycles. The second-order valence-electron chi connectivity index (χ2n) is 3.09. The smallest absolute Gasteiger partial charge is 0.129 e. The molecule has 0 aromatic carbocycles. The van der Waals surface area contributed by atoms with E-state index in [4.69, 9.17) is 11.6 Å². The van der Waals surface area contributed by atoms with Crippen LogP contribution >= 0.6 is 11.6 Å². The van der Waals surface area contributed by atoms with E-state index in [2.05, 4.69) is 18.8 Å². The zero-order valence-corrected chi connectivity index (χ0v) is 9.60. The van der Waals surface area contributed by atoms with Crippen LogP contribution in [-0.2, 0) is 6.42 Å². The SMILES string of the molecule is CC.CC(C)Cc1ccc(Cl)nc1. The zero-order chi connectivity index (χ0) is 10.3. The third-order valence-electron chi connectivity index (χ3n) is 1.43. The van der Waals surface area contributed by atoms with E-state index in [-0.39, 0.29) is 0 Å². The Labute approximate surface area is 86.1 Å². The summed E-state index contributed by atoms with van der Waals surface area (Å²) < 4.78 is 0. The van der Waals surface area contributed by atoms with Gasteiger partial charge in [-0.1, -0.05) is 45.4 Å². The maximum Gasteiger partial charge on any atom is 0.129 e. The maximum absolute atomic E-state index is 5.64. The normalized spacial score (nSPS) is 9.38. The molecule has 0 fully saturated rings. The van der Waals surface area contributed by atoms with Gasteiger partial charge in [0.2, 0.25) is 0 Å². The molecular weight excluding hydrogens is 182 g/mol. The lowest BCUT2D eigenvalue weighted by molar-refractivity contribution is 0.645. The summed E-state index contributed by atoms with van der Waals surface area (Å²) >= 11 is 5.64. The van der Waals surface area contributed by atoms with E-state index in [9.17, 15) is 0 Å². The minimum absolute atomic E-state index is 0.567. The average Bonchev–Trinajstić information content (AvgIpc) is 2.12. The van der Waals surface area contributed by atoms with Crippen LogP contribution in [0.25, 0.3) is 0 Å². The van der Waals surface area contributed by atoms with Gasteiger partial charge in [-0.15, -0.1) is 0 Å². The van der Waals surface area contributed by atoms with Crippen molar-refractivity contribution in [2.24, 2.45) is 5.92 Å². The lowest BCUT2D eigenvalue weighted by Crippen LogP contribution is -1.93. The van der Waals surface area contributed by atoms with Gasteiger partial charge in [0, 0.05) is 6.20 Å². The predicted octanol–water partition coefficient (Wildman–Crippen LogP) is 3.96. The van der Waals surface area contributed by atoms with Crippen molar-refractivity contribution < 1.29 is 0 Å². The van der Waals surface area contributed by atoms with E-state index in [1.807, 2.05) is 32.2 Å². The largest absolute Gasteiger partial charge is 0.244 e. The quantitative estimate of drug-likeness (QED) is 0.658. The third kappa shape index (κ3) is 5.64. The van der Waals surface area contributed by atoms with Crippen molar-refractivity contribution in [2.45, 2.75) is 34.1 Å². The molecule has 2 heteroatoms. The van der Waals surface area contributed by atoms with Gasteiger partial charge < -0.3 is 0 Å². The van der Waals surface area contributed by atoms with Gasteiger partial charge in [0.05, 0.1) is 0 Å². The van der Waals surface area contributed by atoms with Crippen LogP contribution in [0.15, 0.2) is 18.3 Å². The number of pyridine rings is 1. The highest BCUT2D eigenvalue weighted by Crippen LogP contribution is 2.09. The molecule has 0 atom stereocenters. The number of halogens is 1. The van der Waals surface area contributed by atoms with Crippen LogP contribution in [0, 0.1) is 5.92 Å². The van der Waals surface area contributed by atoms with Gasteiger partial charge in [0.1, 0.15) is 5.15 Å². The van der Waals surface area contributed by atoms with Crippen LogP contribution < -0.4 is 0 Å². The number of hydrogen-bond acceptors (Lipinski definition) is 1. The van der Waals surface area contributed by atoms with Gasteiger partial charge in [-0.3, -0.25) is 0 Å². The Balaban J connectivity index is 0.000000671. The monoisotopic (exact) mass is 199 g/mol. The van der Waals surface area contributed by atoms with Crippen molar-refractivity contribution in [1.82, 2.24) is 4.98 Å². The summed E-state index contributed by atoms with van der Waals surface area (Å²) in [4.78, 5) is 4.00. The summed E-state index contributed by atoms with van der Waals surface area (Å²) in [5.74, 6) is 0.679. The Morgan fingerprint density at radius 2 is 1.92 bits per heavy atom. The van der Waals surface area contributed by atoms with E-state index in [0.717, 1.165) is 6.42 Å². The standard InChI is InChI=1S/C9H12ClN.C2H6/c1-7(2)5-8-3-4-9(10)11-6-8;1-2/h3-4,6-7H,5H2,1-2H3;1-2H3. The summed E-state index contributed by atoms with van der Waals surface area (Å²) in [6, 6.07) is 3.86. The maximum atomic E-state index is 5.64. The molecule has 1 aromatic rings. The predicted molar refractivity (Wildman–Crippen MR) is 59.1 cm³/mol. The van der Waals surface area contributed by atoms with Gasteiger partial charge >= 0.3 is 0 Å². The molecule has 1 nitrogen and oxygen atoms in total. The molecule has 0 amide bonds. The van der Waals surface area contributed by atoms with E-state index >= 15 is 0 Å². The molecule has 0 bridgehead atoms. The first-order valence-electron chi connectivity index (χ1n) is 4.79. The zero-order valence-electron chi connectivity index (χ0n) is 8.84. The Kier molecular flexibility index (Phi) is 6.61. The van der Waals surface area contributed by atoms with Crippen LogP contribution in [0.4, 0.5) is 0 Å². The molecule has 1 rings (SSSR count). The second-order valence-corrected chi connectivity index (χ2v) is 3.47. The lowest BCUT2D eigenvalue weighted by atomic mass is 10.1. The second kappa shape index (κ2) is 6.90. The first kappa shape index (κ1) is 12.4. The molecule has 0 aliphatic rings. The topological polar surface area (TPSA) is 12.9 Å². The fourth-order valence-electron chi connectivity index (χ4n) is 0.999. The first-order chi connectivity index (χ1) is 6.18. The molecule has 74 valence electrons. The summed E-state index contributed by atoms with van der Waals surface area (Å²) in [6.07, 6.45) is 2.91. The van der Waals surface area contributed by atoms with Crippen LogP contribution in [0.2, 0.25) is 5.15 Å².